The molecule has 1 saturated heterocycles. The van der Waals surface area contributed by atoms with Crippen molar-refractivity contribution in [1.29, 1.82) is 0 Å². The van der Waals surface area contributed by atoms with Crippen molar-refractivity contribution in [3.05, 3.63) is 0 Å². The van der Waals surface area contributed by atoms with Crippen LogP contribution in [0.15, 0.2) is 0 Å². The second kappa shape index (κ2) is 4.81. The summed E-state index contributed by atoms with van der Waals surface area (Å²) in [6.07, 6.45) is -0.855. The van der Waals surface area contributed by atoms with E-state index in [1.54, 1.807) is 0 Å². The average Bonchev–Trinajstić information content (AvgIpc) is 2.14. The maximum atomic E-state index is 11.0. The summed E-state index contributed by atoms with van der Waals surface area (Å²) < 4.78 is 0. The Morgan fingerprint density at radius 2 is 1.87 bits per heavy atom. The summed E-state index contributed by atoms with van der Waals surface area (Å²) in [6, 6.07) is 0.0753. The van der Waals surface area contributed by atoms with Crippen LogP contribution in [-0.4, -0.2) is 63.9 Å². The molecule has 0 radical (unpaired) electrons. The zero-order chi connectivity index (χ0) is 11.6. The molecule has 1 amide bonds. The molecule has 0 bridgehead atoms. The van der Waals surface area contributed by atoms with Gasteiger partial charge in [-0.15, -0.1) is 0 Å². The molecular formula is C10H20N2O3. The Morgan fingerprint density at radius 1 is 1.40 bits per heavy atom. The third kappa shape index (κ3) is 2.60. The van der Waals surface area contributed by atoms with Crippen LogP contribution in [0.2, 0.25) is 0 Å². The van der Waals surface area contributed by atoms with Gasteiger partial charge in [-0.2, -0.15) is 0 Å². The quantitative estimate of drug-likeness (QED) is 0.703. The van der Waals surface area contributed by atoms with Crippen molar-refractivity contribution < 1.29 is 15.0 Å². The standard InChI is InChI=1S/C10H20N2O3/c1-7-4-11(9(3)6-13)5-8(2)12(7)10(14)15/h7-9,13H,4-6H2,1-3H3,(H,14,15). The predicted molar refractivity (Wildman–Crippen MR) is 56.9 cm³/mol. The van der Waals surface area contributed by atoms with Crippen LogP contribution >= 0.6 is 0 Å². The van der Waals surface area contributed by atoms with E-state index in [0.717, 1.165) is 0 Å². The first-order chi connectivity index (χ1) is 6.97. The van der Waals surface area contributed by atoms with Gasteiger partial charge in [-0.05, 0) is 20.8 Å². The molecule has 0 spiro atoms. The Bertz CT molecular complexity index is 223. The van der Waals surface area contributed by atoms with Gasteiger partial charge in [0.15, 0.2) is 0 Å². The highest BCUT2D eigenvalue weighted by Gasteiger charge is 2.34. The highest BCUT2D eigenvalue weighted by atomic mass is 16.4. The number of hydrogen-bond acceptors (Lipinski definition) is 3. The lowest BCUT2D eigenvalue weighted by atomic mass is 10.1. The van der Waals surface area contributed by atoms with Gasteiger partial charge < -0.3 is 15.1 Å². The van der Waals surface area contributed by atoms with E-state index in [2.05, 4.69) is 4.90 Å². The minimum Gasteiger partial charge on any atom is -0.465 e. The highest BCUT2D eigenvalue weighted by Crippen LogP contribution is 2.17. The zero-order valence-electron chi connectivity index (χ0n) is 9.55. The Hall–Kier alpha value is -0.810. The summed E-state index contributed by atoms with van der Waals surface area (Å²) in [5.41, 5.74) is 0. The molecule has 5 nitrogen and oxygen atoms in total. The molecule has 3 atom stereocenters. The van der Waals surface area contributed by atoms with Gasteiger partial charge in [0.2, 0.25) is 0 Å². The van der Waals surface area contributed by atoms with Gasteiger partial charge in [0.05, 0.1) is 6.61 Å². The Labute approximate surface area is 90.3 Å². The van der Waals surface area contributed by atoms with Crippen molar-refractivity contribution in [1.82, 2.24) is 9.80 Å². The van der Waals surface area contributed by atoms with Gasteiger partial charge in [-0.3, -0.25) is 4.90 Å². The fraction of sp³-hybridized carbons (Fsp3) is 0.900. The number of nitrogens with zero attached hydrogens (tertiary/aromatic N) is 2. The molecule has 15 heavy (non-hydrogen) atoms. The Balaban J connectivity index is 2.66. The van der Waals surface area contributed by atoms with E-state index in [-0.39, 0.29) is 24.7 Å². The summed E-state index contributed by atoms with van der Waals surface area (Å²) in [7, 11) is 0. The summed E-state index contributed by atoms with van der Waals surface area (Å²) in [6.45, 7) is 7.26. The van der Waals surface area contributed by atoms with Crippen LogP contribution in [0.1, 0.15) is 20.8 Å². The Kier molecular flexibility index (Phi) is 3.93. The second-order valence-electron chi connectivity index (χ2n) is 4.37. The van der Waals surface area contributed by atoms with Crippen molar-refractivity contribution in [3.8, 4) is 0 Å². The molecule has 1 heterocycles. The third-order valence-corrected chi connectivity index (χ3v) is 3.06. The molecule has 1 rings (SSSR count). The fourth-order valence-electron chi connectivity index (χ4n) is 2.22. The van der Waals surface area contributed by atoms with E-state index in [9.17, 15) is 4.79 Å². The van der Waals surface area contributed by atoms with Gasteiger partial charge in [0, 0.05) is 31.2 Å². The minimum atomic E-state index is -0.855. The molecule has 1 aliphatic rings. The first-order valence-corrected chi connectivity index (χ1v) is 5.33. The van der Waals surface area contributed by atoms with Gasteiger partial charge >= 0.3 is 6.09 Å². The van der Waals surface area contributed by atoms with Crippen LogP contribution < -0.4 is 0 Å². The van der Waals surface area contributed by atoms with Gasteiger partial charge in [-0.25, -0.2) is 4.79 Å². The summed E-state index contributed by atoms with van der Waals surface area (Å²) in [4.78, 5) is 14.6. The molecule has 0 aromatic rings. The Morgan fingerprint density at radius 3 is 2.20 bits per heavy atom. The molecule has 3 unspecified atom stereocenters. The van der Waals surface area contributed by atoms with Crippen LogP contribution in [0.3, 0.4) is 0 Å². The molecule has 0 aliphatic carbocycles. The van der Waals surface area contributed by atoms with Crippen LogP contribution in [0.4, 0.5) is 4.79 Å². The zero-order valence-corrected chi connectivity index (χ0v) is 9.55. The van der Waals surface area contributed by atoms with Crippen LogP contribution in [0.25, 0.3) is 0 Å². The molecule has 1 fully saturated rings. The van der Waals surface area contributed by atoms with Gasteiger partial charge in [0.25, 0.3) is 0 Å². The van der Waals surface area contributed by atoms with Crippen LogP contribution in [0.5, 0.6) is 0 Å². The maximum absolute atomic E-state index is 11.0. The largest absolute Gasteiger partial charge is 0.465 e. The average molecular weight is 216 g/mol. The third-order valence-electron chi connectivity index (χ3n) is 3.06. The number of amides is 1. The number of carboxylic acid groups (broad SMARTS) is 1. The van der Waals surface area contributed by atoms with E-state index in [1.807, 2.05) is 20.8 Å². The van der Waals surface area contributed by atoms with E-state index in [1.165, 1.54) is 4.90 Å². The van der Waals surface area contributed by atoms with Crippen molar-refractivity contribution in [3.63, 3.8) is 0 Å². The second-order valence-corrected chi connectivity index (χ2v) is 4.37. The van der Waals surface area contributed by atoms with Crippen molar-refractivity contribution in [2.24, 2.45) is 0 Å². The summed E-state index contributed by atoms with van der Waals surface area (Å²) in [5.74, 6) is 0. The number of aliphatic hydroxyl groups is 1. The van der Waals surface area contributed by atoms with Crippen LogP contribution in [-0.2, 0) is 0 Å². The van der Waals surface area contributed by atoms with E-state index < -0.39 is 6.09 Å². The van der Waals surface area contributed by atoms with Crippen LogP contribution in [0, 0.1) is 0 Å². The highest BCUT2D eigenvalue weighted by molar-refractivity contribution is 5.66. The monoisotopic (exact) mass is 216 g/mol. The topological polar surface area (TPSA) is 64.0 Å². The first-order valence-electron chi connectivity index (χ1n) is 5.33. The SMILES string of the molecule is CC(CO)N1CC(C)N(C(=O)O)C(C)C1. The number of carbonyl (C=O) groups is 1. The van der Waals surface area contributed by atoms with Gasteiger partial charge in [0.1, 0.15) is 0 Å². The number of rotatable bonds is 2. The number of aliphatic hydroxyl groups excluding tert-OH is 1. The minimum absolute atomic E-state index is 0.0137. The lowest BCUT2D eigenvalue weighted by Crippen LogP contribution is -2.60. The molecule has 1 aliphatic heterocycles. The molecule has 0 aromatic carbocycles. The summed E-state index contributed by atoms with van der Waals surface area (Å²) >= 11 is 0. The first kappa shape index (κ1) is 12.3. The predicted octanol–water partition coefficient (Wildman–Crippen LogP) is 0.440. The molecular weight excluding hydrogens is 196 g/mol. The molecule has 0 aromatic heterocycles. The lowest BCUT2D eigenvalue weighted by molar-refractivity contribution is 0.0138. The van der Waals surface area contributed by atoms with Gasteiger partial charge in [-0.1, -0.05) is 0 Å². The van der Waals surface area contributed by atoms with E-state index >= 15 is 0 Å². The smallest absolute Gasteiger partial charge is 0.407 e. The molecule has 0 saturated carbocycles. The lowest BCUT2D eigenvalue weighted by Gasteiger charge is -2.44. The normalized spacial score (nSPS) is 30.3. The van der Waals surface area contributed by atoms with Crippen molar-refractivity contribution >= 4 is 6.09 Å². The van der Waals surface area contributed by atoms with E-state index in [0.29, 0.717) is 13.1 Å². The van der Waals surface area contributed by atoms with E-state index in [4.69, 9.17) is 10.2 Å². The number of hydrogen-bond donors (Lipinski definition) is 2. The molecule has 5 heteroatoms. The van der Waals surface area contributed by atoms with Crippen molar-refractivity contribution in [2.45, 2.75) is 38.9 Å². The summed E-state index contributed by atoms with van der Waals surface area (Å²) in [5, 5.41) is 18.1. The van der Waals surface area contributed by atoms with Crippen molar-refractivity contribution in [2.75, 3.05) is 19.7 Å². The number of piperazine rings is 1. The molecule has 88 valence electrons. The molecule has 2 N–H and O–H groups in total. The fourth-order valence-corrected chi connectivity index (χ4v) is 2.22. The maximum Gasteiger partial charge on any atom is 0.407 e.